The zero-order valence-electron chi connectivity index (χ0n) is 11.3. The van der Waals surface area contributed by atoms with Crippen LogP contribution in [0.5, 0.6) is 0 Å². The lowest BCUT2D eigenvalue weighted by Crippen LogP contribution is -2.41. The molecule has 5 heteroatoms. The number of carbonyl (C=O) groups is 1. The Balaban J connectivity index is 2.35. The second-order valence-corrected chi connectivity index (χ2v) is 5.18. The highest BCUT2D eigenvalue weighted by molar-refractivity contribution is 6.51. The maximum Gasteiger partial charge on any atom is 0.486 e. The average molecular weight is 240 g/mol. The molecule has 1 fully saturated rings. The Morgan fingerprint density at radius 1 is 1.24 bits per heavy atom. The molecule has 0 aromatic heterocycles. The van der Waals surface area contributed by atoms with Gasteiger partial charge in [0.2, 0.25) is 0 Å². The van der Waals surface area contributed by atoms with Gasteiger partial charge in [-0.25, -0.2) is 0 Å². The van der Waals surface area contributed by atoms with E-state index in [2.05, 4.69) is 0 Å². The molecule has 4 nitrogen and oxygen atoms in total. The third kappa shape index (κ3) is 3.86. The van der Waals surface area contributed by atoms with Gasteiger partial charge in [0.25, 0.3) is 0 Å². The Bertz CT molecular complexity index is 294. The molecule has 0 aromatic carbocycles. The molecule has 0 bridgehead atoms. The van der Waals surface area contributed by atoms with Gasteiger partial charge in [0.1, 0.15) is 0 Å². The number of hydrogen-bond donors (Lipinski definition) is 0. The van der Waals surface area contributed by atoms with Crippen LogP contribution in [-0.2, 0) is 18.8 Å². The van der Waals surface area contributed by atoms with Crippen molar-refractivity contribution in [3.05, 3.63) is 12.1 Å². The average Bonchev–Trinajstić information content (AvgIpc) is 2.34. The van der Waals surface area contributed by atoms with Crippen LogP contribution in [0, 0.1) is 0 Å². The van der Waals surface area contributed by atoms with Crippen LogP contribution in [0.25, 0.3) is 0 Å². The van der Waals surface area contributed by atoms with E-state index < -0.39 is 0 Å². The van der Waals surface area contributed by atoms with E-state index in [1.54, 1.807) is 0 Å². The summed E-state index contributed by atoms with van der Waals surface area (Å²) in [5.74, 6) is 1.61. The van der Waals surface area contributed by atoms with Crippen molar-refractivity contribution in [3.8, 4) is 0 Å². The SMILES string of the molecule is CC(=O)OCC/C=C\B1OC(C)(C)C(C)(C)O1. The van der Waals surface area contributed by atoms with Crippen LogP contribution in [0.3, 0.4) is 0 Å². The van der Waals surface area contributed by atoms with Crippen LogP contribution >= 0.6 is 0 Å². The van der Waals surface area contributed by atoms with Gasteiger partial charge in [0.15, 0.2) is 0 Å². The van der Waals surface area contributed by atoms with E-state index in [-0.39, 0.29) is 24.3 Å². The van der Waals surface area contributed by atoms with Crippen molar-refractivity contribution < 1.29 is 18.8 Å². The minimum atomic E-state index is -0.322. The molecule has 0 radical (unpaired) electrons. The first-order valence-electron chi connectivity index (χ1n) is 5.90. The lowest BCUT2D eigenvalue weighted by atomic mass is 9.90. The fraction of sp³-hybridized carbons (Fsp3) is 0.750. The number of hydrogen-bond acceptors (Lipinski definition) is 4. The molecule has 0 amide bonds. The van der Waals surface area contributed by atoms with Crippen molar-refractivity contribution in [1.29, 1.82) is 0 Å². The normalized spacial score (nSPS) is 22.1. The highest BCUT2D eigenvalue weighted by atomic mass is 16.7. The lowest BCUT2D eigenvalue weighted by Gasteiger charge is -2.32. The molecule has 1 heterocycles. The molecule has 1 rings (SSSR count). The van der Waals surface area contributed by atoms with E-state index in [0.29, 0.717) is 13.0 Å². The summed E-state index contributed by atoms with van der Waals surface area (Å²) >= 11 is 0. The molecule has 1 aliphatic rings. The van der Waals surface area contributed by atoms with Gasteiger partial charge < -0.3 is 14.0 Å². The van der Waals surface area contributed by atoms with E-state index in [0.717, 1.165) is 0 Å². The predicted molar refractivity (Wildman–Crippen MR) is 66.5 cm³/mol. The van der Waals surface area contributed by atoms with E-state index in [4.69, 9.17) is 14.0 Å². The molecule has 0 aromatic rings. The molecular weight excluding hydrogens is 219 g/mol. The summed E-state index contributed by atoms with van der Waals surface area (Å²) in [5.41, 5.74) is -0.615. The van der Waals surface area contributed by atoms with Crippen molar-refractivity contribution in [3.63, 3.8) is 0 Å². The van der Waals surface area contributed by atoms with Gasteiger partial charge in [0, 0.05) is 6.92 Å². The maximum absolute atomic E-state index is 10.5. The second-order valence-electron chi connectivity index (χ2n) is 5.18. The Morgan fingerprint density at radius 2 is 1.76 bits per heavy atom. The molecular formula is C12H21BO4. The van der Waals surface area contributed by atoms with Crippen molar-refractivity contribution in [2.75, 3.05) is 6.61 Å². The van der Waals surface area contributed by atoms with Gasteiger partial charge in [-0.1, -0.05) is 12.1 Å². The fourth-order valence-electron chi connectivity index (χ4n) is 1.45. The summed E-state index contributed by atoms with van der Waals surface area (Å²) in [7, 11) is -0.322. The van der Waals surface area contributed by atoms with E-state index in [9.17, 15) is 4.79 Å². The summed E-state index contributed by atoms with van der Waals surface area (Å²) in [6.07, 6.45) is 2.58. The Kier molecular flexibility index (Phi) is 4.39. The van der Waals surface area contributed by atoms with Gasteiger partial charge in [-0.05, 0) is 34.1 Å². The van der Waals surface area contributed by atoms with Crippen molar-refractivity contribution in [2.24, 2.45) is 0 Å². The zero-order valence-corrected chi connectivity index (χ0v) is 11.3. The van der Waals surface area contributed by atoms with Crippen LogP contribution in [0.2, 0.25) is 0 Å². The third-order valence-corrected chi connectivity index (χ3v) is 3.15. The van der Waals surface area contributed by atoms with Gasteiger partial charge in [-0.2, -0.15) is 0 Å². The van der Waals surface area contributed by atoms with E-state index >= 15 is 0 Å². The maximum atomic E-state index is 10.5. The number of carbonyl (C=O) groups excluding carboxylic acids is 1. The predicted octanol–water partition coefficient (Wildman–Crippen LogP) is 2.13. The highest BCUT2D eigenvalue weighted by Gasteiger charge is 2.49. The molecule has 0 aliphatic carbocycles. The van der Waals surface area contributed by atoms with E-state index in [1.165, 1.54) is 6.92 Å². The molecule has 0 N–H and O–H groups in total. The summed E-state index contributed by atoms with van der Waals surface area (Å²) in [4.78, 5) is 10.5. The monoisotopic (exact) mass is 240 g/mol. The van der Waals surface area contributed by atoms with Crippen LogP contribution < -0.4 is 0 Å². The first kappa shape index (κ1) is 14.3. The van der Waals surface area contributed by atoms with Gasteiger partial charge in [0.05, 0.1) is 17.8 Å². The molecule has 96 valence electrons. The van der Waals surface area contributed by atoms with Crippen LogP contribution in [0.1, 0.15) is 41.0 Å². The zero-order chi connectivity index (χ0) is 13.1. The number of rotatable bonds is 4. The minimum Gasteiger partial charge on any atom is -0.466 e. The van der Waals surface area contributed by atoms with Gasteiger partial charge in [-0.3, -0.25) is 4.79 Å². The molecule has 0 spiro atoms. The summed E-state index contributed by atoms with van der Waals surface area (Å²) in [6.45, 7) is 9.85. The highest BCUT2D eigenvalue weighted by Crippen LogP contribution is 2.36. The van der Waals surface area contributed by atoms with Crippen LogP contribution in [0.4, 0.5) is 0 Å². The van der Waals surface area contributed by atoms with Crippen molar-refractivity contribution in [2.45, 2.75) is 52.2 Å². The topological polar surface area (TPSA) is 44.8 Å². The molecule has 0 unspecified atom stereocenters. The largest absolute Gasteiger partial charge is 0.486 e. The van der Waals surface area contributed by atoms with Crippen molar-refractivity contribution in [1.82, 2.24) is 0 Å². The molecule has 1 saturated heterocycles. The smallest absolute Gasteiger partial charge is 0.466 e. The minimum absolute atomic E-state index is 0.256. The number of esters is 1. The molecule has 17 heavy (non-hydrogen) atoms. The molecule has 1 aliphatic heterocycles. The standard InChI is InChI=1S/C12H21BO4/c1-10(14)15-9-7-6-8-13-16-11(2,3)12(4,5)17-13/h6,8H,7,9H2,1-5H3/b8-6-. The van der Waals surface area contributed by atoms with E-state index in [1.807, 2.05) is 39.7 Å². The quantitative estimate of drug-likeness (QED) is 0.429. The first-order valence-corrected chi connectivity index (χ1v) is 5.90. The molecule has 0 atom stereocenters. The Morgan fingerprint density at radius 3 is 2.24 bits per heavy atom. The van der Waals surface area contributed by atoms with Crippen molar-refractivity contribution >= 4 is 13.1 Å². The summed E-state index contributed by atoms with van der Waals surface area (Å²) < 4.78 is 16.4. The van der Waals surface area contributed by atoms with Gasteiger partial charge >= 0.3 is 13.1 Å². The fourth-order valence-corrected chi connectivity index (χ4v) is 1.45. The van der Waals surface area contributed by atoms with Gasteiger partial charge in [-0.15, -0.1) is 0 Å². The summed E-state index contributed by atoms with van der Waals surface area (Å²) in [6, 6.07) is 0. The van der Waals surface area contributed by atoms with Crippen LogP contribution in [0.15, 0.2) is 12.1 Å². The first-order chi connectivity index (χ1) is 7.74. The Hall–Kier alpha value is -0.805. The third-order valence-electron chi connectivity index (χ3n) is 3.15. The summed E-state index contributed by atoms with van der Waals surface area (Å²) in [5, 5.41) is 0. The lowest BCUT2D eigenvalue weighted by molar-refractivity contribution is -0.140. The Labute approximate surface area is 103 Å². The van der Waals surface area contributed by atoms with Crippen LogP contribution in [-0.4, -0.2) is 30.9 Å². The number of ether oxygens (including phenoxy) is 1. The second kappa shape index (κ2) is 5.23. The molecule has 0 saturated carbocycles.